The summed E-state index contributed by atoms with van der Waals surface area (Å²) in [4.78, 5) is 2.24. The summed E-state index contributed by atoms with van der Waals surface area (Å²) in [6.07, 6.45) is -0.510. The minimum atomic E-state index is -0.510. The molecule has 21 heavy (non-hydrogen) atoms. The molecule has 0 aliphatic carbocycles. The van der Waals surface area contributed by atoms with Gasteiger partial charge in [0.25, 0.3) is 0 Å². The monoisotopic (exact) mass is 285 g/mol. The van der Waals surface area contributed by atoms with Crippen LogP contribution in [0.1, 0.15) is 24.2 Å². The van der Waals surface area contributed by atoms with E-state index in [1.807, 2.05) is 42.5 Å². The summed E-state index contributed by atoms with van der Waals surface area (Å²) in [5, 5.41) is 10.4. The third-order valence-corrected chi connectivity index (χ3v) is 3.61. The Bertz CT molecular complexity index is 542. The fourth-order valence-corrected chi connectivity index (χ4v) is 2.35. The first-order valence-electron chi connectivity index (χ1n) is 7.31. The van der Waals surface area contributed by atoms with Crippen LogP contribution in [0.2, 0.25) is 0 Å². The second kappa shape index (κ2) is 7.81. The second-order valence-electron chi connectivity index (χ2n) is 5.11. The number of hydrogen-bond acceptors (Lipinski definition) is 3. The topological polar surface area (TPSA) is 32.7 Å². The minimum Gasteiger partial charge on any atom is -0.497 e. The van der Waals surface area contributed by atoms with E-state index < -0.39 is 6.10 Å². The Kier molecular flexibility index (Phi) is 5.78. The Hall–Kier alpha value is -1.84. The molecule has 1 atom stereocenters. The van der Waals surface area contributed by atoms with Crippen LogP contribution in [0.25, 0.3) is 0 Å². The Morgan fingerprint density at radius 3 is 2.52 bits per heavy atom. The van der Waals surface area contributed by atoms with Crippen molar-refractivity contribution in [1.82, 2.24) is 4.90 Å². The molecular weight excluding hydrogens is 262 g/mol. The minimum absolute atomic E-state index is 0.510. The number of ether oxygens (including phenoxy) is 1. The zero-order valence-electron chi connectivity index (χ0n) is 12.7. The molecule has 0 bridgehead atoms. The van der Waals surface area contributed by atoms with Gasteiger partial charge < -0.3 is 9.84 Å². The molecule has 2 aromatic carbocycles. The summed E-state index contributed by atoms with van der Waals surface area (Å²) in [6, 6.07) is 17.9. The van der Waals surface area contributed by atoms with E-state index in [0.717, 1.165) is 24.4 Å². The molecule has 0 radical (unpaired) electrons. The summed E-state index contributed by atoms with van der Waals surface area (Å²) < 4.78 is 5.21. The molecule has 2 aromatic rings. The Balaban J connectivity index is 2.00. The third-order valence-electron chi connectivity index (χ3n) is 3.61. The number of benzene rings is 2. The fourth-order valence-electron chi connectivity index (χ4n) is 2.35. The summed E-state index contributed by atoms with van der Waals surface area (Å²) in [7, 11) is 1.64. The number of rotatable bonds is 7. The third kappa shape index (κ3) is 4.59. The number of nitrogens with zero attached hydrogens (tertiary/aromatic N) is 1. The van der Waals surface area contributed by atoms with Crippen molar-refractivity contribution in [2.24, 2.45) is 0 Å². The Morgan fingerprint density at radius 2 is 1.86 bits per heavy atom. The molecule has 112 valence electrons. The van der Waals surface area contributed by atoms with Crippen LogP contribution in [-0.4, -0.2) is 30.2 Å². The van der Waals surface area contributed by atoms with Gasteiger partial charge in [-0.1, -0.05) is 49.4 Å². The molecule has 3 heteroatoms. The van der Waals surface area contributed by atoms with Gasteiger partial charge in [0.2, 0.25) is 0 Å². The van der Waals surface area contributed by atoms with Gasteiger partial charge in [-0.15, -0.1) is 0 Å². The molecule has 0 aliphatic rings. The highest BCUT2D eigenvalue weighted by Crippen LogP contribution is 2.20. The van der Waals surface area contributed by atoms with Gasteiger partial charge in [0.1, 0.15) is 5.75 Å². The molecule has 1 N–H and O–H groups in total. The number of likely N-dealkylation sites (N-methyl/N-ethyl adjacent to an activating group) is 1. The van der Waals surface area contributed by atoms with Gasteiger partial charge in [0, 0.05) is 13.1 Å². The average Bonchev–Trinajstić information content (AvgIpc) is 2.55. The Morgan fingerprint density at radius 1 is 1.10 bits per heavy atom. The van der Waals surface area contributed by atoms with Crippen molar-refractivity contribution in [1.29, 1.82) is 0 Å². The van der Waals surface area contributed by atoms with Crippen molar-refractivity contribution in [2.45, 2.75) is 19.6 Å². The van der Waals surface area contributed by atoms with E-state index in [-0.39, 0.29) is 0 Å². The molecule has 2 rings (SSSR count). The quantitative estimate of drug-likeness (QED) is 0.847. The molecule has 0 heterocycles. The van der Waals surface area contributed by atoms with Crippen molar-refractivity contribution in [3.8, 4) is 5.75 Å². The summed E-state index contributed by atoms with van der Waals surface area (Å²) in [5.74, 6) is 0.776. The van der Waals surface area contributed by atoms with E-state index in [2.05, 4.69) is 24.0 Å². The zero-order valence-corrected chi connectivity index (χ0v) is 12.7. The van der Waals surface area contributed by atoms with E-state index in [0.29, 0.717) is 6.54 Å². The molecule has 0 aliphatic heterocycles. The first kappa shape index (κ1) is 15.5. The van der Waals surface area contributed by atoms with E-state index in [1.165, 1.54) is 5.56 Å². The molecule has 0 spiro atoms. The van der Waals surface area contributed by atoms with E-state index in [1.54, 1.807) is 7.11 Å². The molecule has 0 saturated heterocycles. The smallest absolute Gasteiger partial charge is 0.119 e. The molecule has 0 saturated carbocycles. The summed E-state index contributed by atoms with van der Waals surface area (Å²) in [6.45, 7) is 4.47. The molecule has 0 fully saturated rings. The average molecular weight is 285 g/mol. The van der Waals surface area contributed by atoms with Crippen LogP contribution in [0.15, 0.2) is 54.6 Å². The predicted octanol–water partition coefficient (Wildman–Crippen LogP) is 3.25. The van der Waals surface area contributed by atoms with Gasteiger partial charge >= 0.3 is 0 Å². The zero-order chi connectivity index (χ0) is 15.1. The van der Waals surface area contributed by atoms with Gasteiger partial charge in [-0.25, -0.2) is 0 Å². The number of hydrogen-bond donors (Lipinski definition) is 1. The van der Waals surface area contributed by atoms with Gasteiger partial charge in [0.05, 0.1) is 13.2 Å². The summed E-state index contributed by atoms with van der Waals surface area (Å²) >= 11 is 0. The van der Waals surface area contributed by atoms with Crippen LogP contribution >= 0.6 is 0 Å². The molecule has 0 amide bonds. The highest BCUT2D eigenvalue weighted by atomic mass is 16.5. The lowest BCUT2D eigenvalue weighted by Gasteiger charge is -2.24. The largest absolute Gasteiger partial charge is 0.497 e. The van der Waals surface area contributed by atoms with E-state index in [9.17, 15) is 5.11 Å². The van der Waals surface area contributed by atoms with Crippen LogP contribution in [-0.2, 0) is 6.54 Å². The maximum atomic E-state index is 10.4. The van der Waals surface area contributed by atoms with Crippen LogP contribution in [0.4, 0.5) is 0 Å². The van der Waals surface area contributed by atoms with E-state index in [4.69, 9.17) is 4.74 Å². The predicted molar refractivity (Wildman–Crippen MR) is 85.3 cm³/mol. The number of methoxy groups -OCH3 is 1. The Labute approximate surface area is 126 Å². The highest BCUT2D eigenvalue weighted by molar-refractivity contribution is 5.30. The van der Waals surface area contributed by atoms with Crippen molar-refractivity contribution < 1.29 is 9.84 Å². The molecule has 0 aromatic heterocycles. The molecule has 3 nitrogen and oxygen atoms in total. The van der Waals surface area contributed by atoms with Crippen molar-refractivity contribution in [3.63, 3.8) is 0 Å². The van der Waals surface area contributed by atoms with Crippen molar-refractivity contribution in [2.75, 3.05) is 20.2 Å². The lowest BCUT2D eigenvalue weighted by molar-refractivity contribution is 0.112. The van der Waals surface area contributed by atoms with Crippen LogP contribution < -0.4 is 4.74 Å². The van der Waals surface area contributed by atoms with E-state index >= 15 is 0 Å². The first-order valence-corrected chi connectivity index (χ1v) is 7.31. The van der Waals surface area contributed by atoms with Crippen LogP contribution in [0.3, 0.4) is 0 Å². The van der Waals surface area contributed by atoms with Crippen molar-refractivity contribution in [3.05, 3.63) is 65.7 Å². The first-order chi connectivity index (χ1) is 10.2. The normalized spacial score (nSPS) is 12.4. The molecule has 1 unspecified atom stereocenters. The second-order valence-corrected chi connectivity index (χ2v) is 5.11. The van der Waals surface area contributed by atoms with Crippen LogP contribution in [0.5, 0.6) is 5.75 Å². The standard InChI is InChI=1S/C18H23NO2/c1-3-19(13-15-8-5-4-6-9-15)14-18(20)16-10-7-11-17(12-16)21-2/h4-12,18,20H,3,13-14H2,1-2H3. The molecular formula is C18H23NO2. The number of aliphatic hydroxyl groups excluding tert-OH is 1. The van der Waals surface area contributed by atoms with Gasteiger partial charge in [-0.2, -0.15) is 0 Å². The maximum absolute atomic E-state index is 10.4. The maximum Gasteiger partial charge on any atom is 0.119 e. The van der Waals surface area contributed by atoms with Gasteiger partial charge in [-0.3, -0.25) is 4.90 Å². The highest BCUT2D eigenvalue weighted by Gasteiger charge is 2.13. The fraction of sp³-hybridized carbons (Fsp3) is 0.333. The van der Waals surface area contributed by atoms with Crippen LogP contribution in [0, 0.1) is 0 Å². The lowest BCUT2D eigenvalue weighted by Crippen LogP contribution is -2.28. The SMILES string of the molecule is CCN(Cc1ccccc1)CC(O)c1cccc(OC)c1. The van der Waals surface area contributed by atoms with Gasteiger partial charge in [0.15, 0.2) is 0 Å². The van der Waals surface area contributed by atoms with Crippen molar-refractivity contribution >= 4 is 0 Å². The summed E-state index contributed by atoms with van der Waals surface area (Å²) in [5.41, 5.74) is 2.15. The lowest BCUT2D eigenvalue weighted by atomic mass is 10.1. The van der Waals surface area contributed by atoms with Gasteiger partial charge in [-0.05, 0) is 29.8 Å². The number of aliphatic hydroxyl groups is 1.